The van der Waals surface area contributed by atoms with E-state index in [0.717, 1.165) is 24.5 Å². The van der Waals surface area contributed by atoms with E-state index in [-0.39, 0.29) is 18.9 Å². The molecular weight excluding hydrogens is 290 g/mol. The van der Waals surface area contributed by atoms with E-state index < -0.39 is 15.3 Å². The molecule has 114 valence electrons. The molecule has 0 aromatic heterocycles. The molecule has 1 aromatic rings. The van der Waals surface area contributed by atoms with Gasteiger partial charge in [-0.25, -0.2) is 13.6 Å². The van der Waals surface area contributed by atoms with Crippen LogP contribution < -0.4 is 14.9 Å². The van der Waals surface area contributed by atoms with Crippen molar-refractivity contribution in [2.24, 2.45) is 5.14 Å². The van der Waals surface area contributed by atoms with Crippen LogP contribution in [-0.4, -0.2) is 39.2 Å². The number of carbonyl (C=O) groups is 1. The molecule has 1 aromatic carbocycles. The zero-order valence-electron chi connectivity index (χ0n) is 11.7. The van der Waals surface area contributed by atoms with Gasteiger partial charge in [0.15, 0.2) is 0 Å². The molecule has 0 radical (unpaired) electrons. The molecule has 2 aliphatic heterocycles. The van der Waals surface area contributed by atoms with Crippen molar-refractivity contribution in [2.45, 2.75) is 24.5 Å². The number of nitrogens with two attached hydrogens (primary N) is 1. The van der Waals surface area contributed by atoms with E-state index in [1.807, 2.05) is 24.3 Å². The SMILES string of the molecule is NS(=O)(=O)C1CC(=O)N(c2cccc(N3CCCC3)c2)C1. The summed E-state index contributed by atoms with van der Waals surface area (Å²) in [5, 5.41) is 4.35. The Hall–Kier alpha value is -1.60. The van der Waals surface area contributed by atoms with Crippen molar-refractivity contribution in [3.63, 3.8) is 0 Å². The van der Waals surface area contributed by atoms with Crippen LogP contribution in [0.5, 0.6) is 0 Å². The van der Waals surface area contributed by atoms with Gasteiger partial charge in [0.1, 0.15) is 5.25 Å². The summed E-state index contributed by atoms with van der Waals surface area (Å²) in [4.78, 5) is 15.9. The zero-order chi connectivity index (χ0) is 15.0. The van der Waals surface area contributed by atoms with E-state index in [1.54, 1.807) is 0 Å². The Morgan fingerprint density at radius 3 is 2.43 bits per heavy atom. The summed E-state index contributed by atoms with van der Waals surface area (Å²) in [5.41, 5.74) is 1.83. The summed E-state index contributed by atoms with van der Waals surface area (Å²) >= 11 is 0. The van der Waals surface area contributed by atoms with Gasteiger partial charge in [-0.1, -0.05) is 6.07 Å². The van der Waals surface area contributed by atoms with Gasteiger partial charge in [-0.2, -0.15) is 0 Å². The van der Waals surface area contributed by atoms with Crippen LogP contribution in [0.3, 0.4) is 0 Å². The minimum Gasteiger partial charge on any atom is -0.371 e. The summed E-state index contributed by atoms with van der Waals surface area (Å²) < 4.78 is 22.8. The summed E-state index contributed by atoms with van der Waals surface area (Å²) in [5.74, 6) is -0.187. The largest absolute Gasteiger partial charge is 0.371 e. The van der Waals surface area contributed by atoms with E-state index >= 15 is 0 Å². The van der Waals surface area contributed by atoms with Crippen LogP contribution in [-0.2, 0) is 14.8 Å². The molecule has 0 bridgehead atoms. The molecule has 2 fully saturated rings. The molecule has 2 saturated heterocycles. The molecule has 1 atom stereocenters. The molecule has 6 nitrogen and oxygen atoms in total. The first kappa shape index (κ1) is 14.3. The average molecular weight is 309 g/mol. The van der Waals surface area contributed by atoms with Crippen LogP contribution in [0, 0.1) is 0 Å². The Morgan fingerprint density at radius 2 is 1.81 bits per heavy atom. The molecule has 0 aliphatic carbocycles. The van der Waals surface area contributed by atoms with Gasteiger partial charge in [-0.05, 0) is 31.0 Å². The lowest BCUT2D eigenvalue weighted by Crippen LogP contribution is -2.32. The first-order chi connectivity index (χ1) is 9.95. The third kappa shape index (κ3) is 2.89. The van der Waals surface area contributed by atoms with Gasteiger partial charge in [0.25, 0.3) is 0 Å². The van der Waals surface area contributed by atoms with Crippen molar-refractivity contribution in [1.29, 1.82) is 0 Å². The van der Waals surface area contributed by atoms with Gasteiger partial charge in [-0.15, -0.1) is 0 Å². The lowest BCUT2D eigenvalue weighted by Gasteiger charge is -2.21. The molecule has 2 N–H and O–H groups in total. The smallest absolute Gasteiger partial charge is 0.228 e. The average Bonchev–Trinajstić information content (AvgIpc) is 3.07. The van der Waals surface area contributed by atoms with E-state index in [0.29, 0.717) is 0 Å². The Kier molecular flexibility index (Phi) is 3.62. The molecule has 2 heterocycles. The Bertz CT molecular complexity index is 653. The Morgan fingerprint density at radius 1 is 1.14 bits per heavy atom. The van der Waals surface area contributed by atoms with Crippen molar-refractivity contribution in [1.82, 2.24) is 0 Å². The third-order valence-corrected chi connectivity index (χ3v) is 5.41. The van der Waals surface area contributed by atoms with Crippen LogP contribution >= 0.6 is 0 Å². The van der Waals surface area contributed by atoms with Crippen LogP contribution in [0.2, 0.25) is 0 Å². The van der Waals surface area contributed by atoms with Crippen molar-refractivity contribution in [2.75, 3.05) is 29.4 Å². The molecule has 7 heteroatoms. The second-order valence-corrected chi connectivity index (χ2v) is 7.48. The minimum atomic E-state index is -3.68. The predicted molar refractivity (Wildman–Crippen MR) is 81.8 cm³/mol. The van der Waals surface area contributed by atoms with Crippen LogP contribution in [0.15, 0.2) is 24.3 Å². The van der Waals surface area contributed by atoms with Crippen LogP contribution in [0.4, 0.5) is 11.4 Å². The van der Waals surface area contributed by atoms with Crippen molar-refractivity contribution < 1.29 is 13.2 Å². The molecule has 1 amide bonds. The molecule has 0 spiro atoms. The fraction of sp³-hybridized carbons (Fsp3) is 0.500. The van der Waals surface area contributed by atoms with Crippen molar-refractivity contribution in [3.05, 3.63) is 24.3 Å². The molecule has 21 heavy (non-hydrogen) atoms. The highest BCUT2D eigenvalue weighted by molar-refractivity contribution is 7.89. The maximum Gasteiger partial charge on any atom is 0.228 e. The number of rotatable bonds is 3. The number of anilines is 2. The Balaban J connectivity index is 1.84. The van der Waals surface area contributed by atoms with Gasteiger partial charge >= 0.3 is 0 Å². The lowest BCUT2D eigenvalue weighted by atomic mass is 10.2. The molecule has 1 unspecified atom stereocenters. The van der Waals surface area contributed by atoms with E-state index in [9.17, 15) is 13.2 Å². The maximum absolute atomic E-state index is 12.1. The number of nitrogens with zero attached hydrogens (tertiary/aromatic N) is 2. The van der Waals surface area contributed by atoms with Crippen molar-refractivity contribution in [3.8, 4) is 0 Å². The van der Waals surface area contributed by atoms with Gasteiger partial charge in [-0.3, -0.25) is 4.79 Å². The number of sulfonamides is 1. The second kappa shape index (κ2) is 5.31. The zero-order valence-corrected chi connectivity index (χ0v) is 12.6. The highest BCUT2D eigenvalue weighted by Crippen LogP contribution is 2.29. The van der Waals surface area contributed by atoms with Crippen LogP contribution in [0.25, 0.3) is 0 Å². The van der Waals surface area contributed by atoms with Gasteiger partial charge in [0.05, 0.1) is 0 Å². The van der Waals surface area contributed by atoms with Crippen molar-refractivity contribution >= 4 is 27.3 Å². The first-order valence-electron chi connectivity index (χ1n) is 7.12. The quantitative estimate of drug-likeness (QED) is 0.890. The molecule has 2 aliphatic rings. The fourth-order valence-corrected chi connectivity index (χ4v) is 3.71. The number of amides is 1. The lowest BCUT2D eigenvalue weighted by molar-refractivity contribution is -0.117. The standard InChI is InChI=1S/C14H19N3O3S/c15-21(19,20)13-9-14(18)17(10-13)12-5-3-4-11(8-12)16-6-1-2-7-16/h3-5,8,13H,1-2,6-7,9-10H2,(H2,15,19,20). The number of hydrogen-bond donors (Lipinski definition) is 1. The van der Waals surface area contributed by atoms with E-state index in [1.165, 1.54) is 17.7 Å². The van der Waals surface area contributed by atoms with E-state index in [2.05, 4.69) is 4.90 Å². The van der Waals surface area contributed by atoms with Gasteiger partial charge in [0, 0.05) is 37.4 Å². The normalized spacial score (nSPS) is 23.1. The number of hydrogen-bond acceptors (Lipinski definition) is 4. The maximum atomic E-state index is 12.1. The number of benzene rings is 1. The monoisotopic (exact) mass is 309 g/mol. The minimum absolute atomic E-state index is 0.0349. The Labute approximate surface area is 124 Å². The summed E-state index contributed by atoms with van der Waals surface area (Å²) in [6.45, 7) is 2.19. The number of carbonyl (C=O) groups excluding carboxylic acids is 1. The van der Waals surface area contributed by atoms with E-state index in [4.69, 9.17) is 5.14 Å². The predicted octanol–water partition coefficient (Wildman–Crippen LogP) is 0.681. The molecule has 0 saturated carbocycles. The summed E-state index contributed by atoms with van der Waals surface area (Å²) in [6, 6.07) is 7.71. The number of primary sulfonamides is 1. The molecule has 3 rings (SSSR count). The summed E-state index contributed by atoms with van der Waals surface area (Å²) in [6.07, 6.45) is 2.33. The molecular formula is C14H19N3O3S. The first-order valence-corrected chi connectivity index (χ1v) is 8.73. The highest BCUT2D eigenvalue weighted by Gasteiger charge is 2.37. The van der Waals surface area contributed by atoms with Gasteiger partial charge in [0.2, 0.25) is 15.9 Å². The van der Waals surface area contributed by atoms with Gasteiger partial charge < -0.3 is 9.80 Å². The van der Waals surface area contributed by atoms with Crippen LogP contribution in [0.1, 0.15) is 19.3 Å². The summed E-state index contributed by atoms with van der Waals surface area (Å²) in [7, 11) is -3.68. The fourth-order valence-electron chi connectivity index (χ4n) is 2.98. The highest BCUT2D eigenvalue weighted by atomic mass is 32.2. The third-order valence-electron chi connectivity index (χ3n) is 4.17. The second-order valence-electron chi connectivity index (χ2n) is 5.63. The topological polar surface area (TPSA) is 83.7 Å².